The zero-order valence-corrected chi connectivity index (χ0v) is 10.5. The van der Waals surface area contributed by atoms with Gasteiger partial charge in [-0.2, -0.15) is 0 Å². The first kappa shape index (κ1) is 12.1. The van der Waals surface area contributed by atoms with Crippen LogP contribution in [0.2, 0.25) is 5.02 Å². The molecule has 0 spiro atoms. The summed E-state index contributed by atoms with van der Waals surface area (Å²) in [6.07, 6.45) is 0.897. The van der Waals surface area contributed by atoms with E-state index in [9.17, 15) is 0 Å². The summed E-state index contributed by atoms with van der Waals surface area (Å²) in [6, 6.07) is 7.46. The summed E-state index contributed by atoms with van der Waals surface area (Å²) in [6.45, 7) is 2.06. The Kier molecular flexibility index (Phi) is 3.76. The van der Waals surface area contributed by atoms with Gasteiger partial charge in [0.1, 0.15) is 0 Å². The SMILES string of the molecule is CCC(NC)c1nnc(-c2cccc(Cl)c2)o1. The zero-order valence-electron chi connectivity index (χ0n) is 9.77. The molecule has 90 valence electrons. The lowest BCUT2D eigenvalue weighted by molar-refractivity contribution is 0.415. The van der Waals surface area contributed by atoms with Crippen LogP contribution in [0.1, 0.15) is 25.3 Å². The summed E-state index contributed by atoms with van der Waals surface area (Å²) >= 11 is 5.92. The van der Waals surface area contributed by atoms with E-state index in [0.29, 0.717) is 16.8 Å². The molecule has 0 aliphatic carbocycles. The molecular formula is C12H14ClN3O. The van der Waals surface area contributed by atoms with Gasteiger partial charge in [-0.25, -0.2) is 0 Å². The molecule has 1 atom stereocenters. The fourth-order valence-electron chi connectivity index (χ4n) is 1.62. The lowest BCUT2D eigenvalue weighted by atomic mass is 10.2. The summed E-state index contributed by atoms with van der Waals surface area (Å²) in [5.74, 6) is 1.10. The van der Waals surface area contributed by atoms with Crippen LogP contribution in [-0.4, -0.2) is 17.2 Å². The first-order valence-corrected chi connectivity index (χ1v) is 5.89. The Hall–Kier alpha value is -1.39. The fraction of sp³-hybridized carbons (Fsp3) is 0.333. The van der Waals surface area contributed by atoms with E-state index >= 15 is 0 Å². The summed E-state index contributed by atoms with van der Waals surface area (Å²) in [5.41, 5.74) is 0.835. The first-order valence-electron chi connectivity index (χ1n) is 5.51. The van der Waals surface area contributed by atoms with Gasteiger partial charge in [0.25, 0.3) is 0 Å². The third-order valence-electron chi connectivity index (χ3n) is 2.57. The van der Waals surface area contributed by atoms with E-state index < -0.39 is 0 Å². The lowest BCUT2D eigenvalue weighted by Gasteiger charge is -2.07. The van der Waals surface area contributed by atoms with Crippen molar-refractivity contribution >= 4 is 11.6 Å². The summed E-state index contributed by atoms with van der Waals surface area (Å²) in [4.78, 5) is 0. The monoisotopic (exact) mass is 251 g/mol. The molecule has 2 rings (SSSR count). The van der Waals surface area contributed by atoms with Crippen molar-refractivity contribution in [3.8, 4) is 11.5 Å². The van der Waals surface area contributed by atoms with E-state index in [4.69, 9.17) is 16.0 Å². The molecular weight excluding hydrogens is 238 g/mol. The highest BCUT2D eigenvalue weighted by Crippen LogP contribution is 2.23. The van der Waals surface area contributed by atoms with E-state index in [-0.39, 0.29) is 6.04 Å². The summed E-state index contributed by atoms with van der Waals surface area (Å²) < 4.78 is 5.63. The molecule has 0 saturated heterocycles. The minimum atomic E-state index is 0.0930. The highest BCUT2D eigenvalue weighted by atomic mass is 35.5. The van der Waals surface area contributed by atoms with E-state index in [0.717, 1.165) is 12.0 Å². The number of benzene rings is 1. The van der Waals surface area contributed by atoms with Crippen LogP contribution in [0.5, 0.6) is 0 Å². The maximum atomic E-state index is 5.92. The lowest BCUT2D eigenvalue weighted by Crippen LogP contribution is -2.15. The largest absolute Gasteiger partial charge is 0.419 e. The van der Waals surface area contributed by atoms with Gasteiger partial charge in [-0.3, -0.25) is 0 Å². The summed E-state index contributed by atoms with van der Waals surface area (Å²) in [5, 5.41) is 11.8. The quantitative estimate of drug-likeness (QED) is 0.907. The predicted octanol–water partition coefficient (Wildman–Crippen LogP) is 3.06. The van der Waals surface area contributed by atoms with Crippen LogP contribution in [0.3, 0.4) is 0 Å². The zero-order chi connectivity index (χ0) is 12.3. The maximum absolute atomic E-state index is 5.92. The van der Waals surface area contributed by atoms with Crippen LogP contribution in [0.15, 0.2) is 28.7 Å². The molecule has 0 aliphatic rings. The Bertz CT molecular complexity index is 494. The van der Waals surface area contributed by atoms with Gasteiger partial charge in [0.05, 0.1) is 6.04 Å². The molecule has 1 unspecified atom stereocenters. The van der Waals surface area contributed by atoms with Crippen molar-refractivity contribution in [1.29, 1.82) is 0 Å². The Morgan fingerprint density at radius 2 is 2.24 bits per heavy atom. The average molecular weight is 252 g/mol. The molecule has 5 heteroatoms. The Morgan fingerprint density at radius 3 is 2.88 bits per heavy atom. The normalized spacial score (nSPS) is 12.6. The minimum absolute atomic E-state index is 0.0930. The van der Waals surface area contributed by atoms with Crippen LogP contribution in [0.4, 0.5) is 0 Å². The Labute approximate surface area is 105 Å². The van der Waals surface area contributed by atoms with Crippen molar-refractivity contribution in [3.63, 3.8) is 0 Å². The highest BCUT2D eigenvalue weighted by molar-refractivity contribution is 6.30. The first-order chi connectivity index (χ1) is 8.24. The second-order valence-electron chi connectivity index (χ2n) is 3.71. The van der Waals surface area contributed by atoms with Crippen LogP contribution >= 0.6 is 11.6 Å². The number of hydrogen-bond donors (Lipinski definition) is 1. The number of nitrogens with zero attached hydrogens (tertiary/aromatic N) is 2. The molecule has 4 nitrogen and oxygen atoms in total. The standard InChI is InChI=1S/C12H14ClN3O/c1-3-10(14-2)12-16-15-11(17-12)8-5-4-6-9(13)7-8/h4-7,10,14H,3H2,1-2H3. The molecule has 0 amide bonds. The van der Waals surface area contributed by atoms with Crippen LogP contribution in [-0.2, 0) is 0 Å². The Morgan fingerprint density at radius 1 is 1.41 bits per heavy atom. The smallest absolute Gasteiger partial charge is 0.247 e. The molecule has 0 saturated carbocycles. The number of nitrogens with one attached hydrogen (secondary N) is 1. The molecule has 17 heavy (non-hydrogen) atoms. The van der Waals surface area contributed by atoms with Gasteiger partial charge >= 0.3 is 0 Å². The molecule has 0 bridgehead atoms. The topological polar surface area (TPSA) is 51.0 Å². The molecule has 2 aromatic rings. The molecule has 1 heterocycles. The third kappa shape index (κ3) is 2.65. The van der Waals surface area contributed by atoms with Gasteiger partial charge in [0.2, 0.25) is 11.8 Å². The molecule has 1 N–H and O–H groups in total. The number of aromatic nitrogens is 2. The van der Waals surface area contributed by atoms with Gasteiger partial charge < -0.3 is 9.73 Å². The van der Waals surface area contributed by atoms with Crippen molar-refractivity contribution < 1.29 is 4.42 Å². The molecule has 0 radical (unpaired) electrons. The number of hydrogen-bond acceptors (Lipinski definition) is 4. The van der Waals surface area contributed by atoms with E-state index in [1.807, 2.05) is 25.2 Å². The van der Waals surface area contributed by atoms with Gasteiger partial charge in [-0.05, 0) is 31.7 Å². The van der Waals surface area contributed by atoms with E-state index in [1.165, 1.54) is 0 Å². The van der Waals surface area contributed by atoms with E-state index in [1.54, 1.807) is 6.07 Å². The number of rotatable bonds is 4. The molecule has 1 aromatic carbocycles. The second kappa shape index (κ2) is 5.29. The molecule has 0 aliphatic heterocycles. The summed E-state index contributed by atoms with van der Waals surface area (Å²) in [7, 11) is 1.87. The van der Waals surface area contributed by atoms with Crippen molar-refractivity contribution in [2.45, 2.75) is 19.4 Å². The van der Waals surface area contributed by atoms with Crippen molar-refractivity contribution in [2.24, 2.45) is 0 Å². The van der Waals surface area contributed by atoms with Crippen molar-refractivity contribution in [3.05, 3.63) is 35.2 Å². The van der Waals surface area contributed by atoms with Crippen molar-refractivity contribution in [1.82, 2.24) is 15.5 Å². The van der Waals surface area contributed by atoms with Gasteiger partial charge in [0.15, 0.2) is 0 Å². The average Bonchev–Trinajstić information content (AvgIpc) is 2.80. The predicted molar refractivity (Wildman–Crippen MR) is 66.8 cm³/mol. The van der Waals surface area contributed by atoms with Crippen LogP contribution < -0.4 is 5.32 Å². The highest BCUT2D eigenvalue weighted by Gasteiger charge is 2.15. The fourth-order valence-corrected chi connectivity index (χ4v) is 1.81. The minimum Gasteiger partial charge on any atom is -0.419 e. The molecule has 1 aromatic heterocycles. The van der Waals surface area contributed by atoms with Gasteiger partial charge in [0, 0.05) is 10.6 Å². The van der Waals surface area contributed by atoms with Gasteiger partial charge in [-0.15, -0.1) is 10.2 Å². The Balaban J connectivity index is 2.29. The maximum Gasteiger partial charge on any atom is 0.247 e. The van der Waals surface area contributed by atoms with Crippen LogP contribution in [0.25, 0.3) is 11.5 Å². The van der Waals surface area contributed by atoms with Crippen LogP contribution in [0, 0.1) is 0 Å². The van der Waals surface area contributed by atoms with E-state index in [2.05, 4.69) is 22.4 Å². The molecule has 0 fully saturated rings. The second-order valence-corrected chi connectivity index (χ2v) is 4.14. The van der Waals surface area contributed by atoms with Crippen molar-refractivity contribution in [2.75, 3.05) is 7.05 Å². The third-order valence-corrected chi connectivity index (χ3v) is 2.80. The number of halogens is 1. The van der Waals surface area contributed by atoms with Gasteiger partial charge in [-0.1, -0.05) is 24.6 Å².